The van der Waals surface area contributed by atoms with E-state index in [9.17, 15) is 0 Å². The second kappa shape index (κ2) is 6.01. The molecule has 0 amide bonds. The van der Waals surface area contributed by atoms with Gasteiger partial charge in [0, 0.05) is 25.9 Å². The van der Waals surface area contributed by atoms with Crippen LogP contribution in [0.2, 0.25) is 0 Å². The van der Waals surface area contributed by atoms with Gasteiger partial charge in [0.25, 0.3) is 0 Å². The van der Waals surface area contributed by atoms with Gasteiger partial charge in [0.2, 0.25) is 0 Å². The summed E-state index contributed by atoms with van der Waals surface area (Å²) in [4.78, 5) is 4.17. The van der Waals surface area contributed by atoms with Gasteiger partial charge in [-0.25, -0.2) is 4.98 Å². The van der Waals surface area contributed by atoms with E-state index in [1.54, 1.807) is 0 Å². The van der Waals surface area contributed by atoms with Gasteiger partial charge in [-0.15, -0.1) is 0 Å². The summed E-state index contributed by atoms with van der Waals surface area (Å²) in [5.74, 6) is 0.851. The molecular weight excluding hydrogens is 202 g/mol. The number of imidazole rings is 1. The average molecular weight is 223 g/mol. The smallest absolute Gasteiger partial charge is 0.0949 e. The molecule has 0 unspecified atom stereocenters. The molecule has 0 spiro atoms. The highest BCUT2D eigenvalue weighted by molar-refractivity contribution is 4.97. The molecule has 0 saturated heterocycles. The molecular formula is C12H21N3O. The molecule has 1 aliphatic rings. The first-order valence-corrected chi connectivity index (χ1v) is 6.17. The molecule has 0 radical (unpaired) electrons. The maximum atomic E-state index is 5.62. The lowest BCUT2D eigenvalue weighted by molar-refractivity contribution is 0.116. The molecule has 1 saturated carbocycles. The summed E-state index contributed by atoms with van der Waals surface area (Å²) in [5, 5.41) is 3.31. The van der Waals surface area contributed by atoms with Crippen molar-refractivity contribution in [3.8, 4) is 0 Å². The SMILES string of the molecule is CCNCc1cncn1CCOCC1CC1. The van der Waals surface area contributed by atoms with Gasteiger partial charge in [0.15, 0.2) is 0 Å². The molecule has 16 heavy (non-hydrogen) atoms. The van der Waals surface area contributed by atoms with E-state index >= 15 is 0 Å². The van der Waals surface area contributed by atoms with Gasteiger partial charge in [0.05, 0.1) is 18.6 Å². The zero-order valence-electron chi connectivity index (χ0n) is 9.98. The van der Waals surface area contributed by atoms with Crippen LogP contribution in [0.4, 0.5) is 0 Å². The van der Waals surface area contributed by atoms with Gasteiger partial charge < -0.3 is 14.6 Å². The highest BCUT2D eigenvalue weighted by atomic mass is 16.5. The quantitative estimate of drug-likeness (QED) is 0.677. The fraction of sp³-hybridized carbons (Fsp3) is 0.750. The molecule has 1 fully saturated rings. The molecule has 0 aliphatic heterocycles. The molecule has 0 bridgehead atoms. The predicted octanol–water partition coefficient (Wildman–Crippen LogP) is 1.42. The van der Waals surface area contributed by atoms with Crippen LogP contribution < -0.4 is 5.32 Å². The molecule has 1 aromatic rings. The normalized spacial score (nSPS) is 15.6. The topological polar surface area (TPSA) is 39.1 Å². The van der Waals surface area contributed by atoms with Gasteiger partial charge in [-0.05, 0) is 25.3 Å². The lowest BCUT2D eigenvalue weighted by Gasteiger charge is -2.08. The highest BCUT2D eigenvalue weighted by Crippen LogP contribution is 2.28. The van der Waals surface area contributed by atoms with Gasteiger partial charge in [-0.3, -0.25) is 0 Å². The van der Waals surface area contributed by atoms with E-state index in [2.05, 4.69) is 21.8 Å². The number of ether oxygens (including phenoxy) is 1. The zero-order chi connectivity index (χ0) is 11.2. The standard InChI is InChI=1S/C12H21N3O/c1-2-13-7-12-8-14-10-15(12)5-6-16-9-11-3-4-11/h8,10-11,13H,2-7,9H2,1H3. The summed E-state index contributed by atoms with van der Waals surface area (Å²) in [6.07, 6.45) is 6.52. The van der Waals surface area contributed by atoms with Crippen molar-refractivity contribution in [1.29, 1.82) is 0 Å². The van der Waals surface area contributed by atoms with Crippen molar-refractivity contribution in [2.75, 3.05) is 19.8 Å². The Bertz CT molecular complexity index is 307. The van der Waals surface area contributed by atoms with Crippen LogP contribution in [0, 0.1) is 5.92 Å². The summed E-state index contributed by atoms with van der Waals surface area (Å²) in [6, 6.07) is 0. The van der Waals surface area contributed by atoms with Gasteiger partial charge in [0.1, 0.15) is 0 Å². The number of aromatic nitrogens is 2. The Kier molecular flexibility index (Phi) is 4.36. The Hall–Kier alpha value is -0.870. The minimum Gasteiger partial charge on any atom is -0.379 e. The lowest BCUT2D eigenvalue weighted by Crippen LogP contribution is -2.16. The van der Waals surface area contributed by atoms with Crippen LogP contribution in [0.5, 0.6) is 0 Å². The van der Waals surface area contributed by atoms with Gasteiger partial charge >= 0.3 is 0 Å². The van der Waals surface area contributed by atoms with Crippen LogP contribution in [0.3, 0.4) is 0 Å². The van der Waals surface area contributed by atoms with Crippen molar-refractivity contribution in [2.45, 2.75) is 32.9 Å². The van der Waals surface area contributed by atoms with Crippen molar-refractivity contribution < 1.29 is 4.74 Å². The Morgan fingerprint density at radius 2 is 2.44 bits per heavy atom. The first-order chi connectivity index (χ1) is 7.90. The second-order valence-corrected chi connectivity index (χ2v) is 4.38. The molecule has 1 aliphatic carbocycles. The molecule has 0 atom stereocenters. The first kappa shape index (κ1) is 11.6. The minimum atomic E-state index is 0.798. The predicted molar refractivity (Wildman–Crippen MR) is 63.2 cm³/mol. The molecule has 4 nitrogen and oxygen atoms in total. The van der Waals surface area contributed by atoms with E-state index in [0.717, 1.165) is 38.8 Å². The maximum absolute atomic E-state index is 5.62. The summed E-state index contributed by atoms with van der Waals surface area (Å²) in [7, 11) is 0. The number of nitrogens with zero attached hydrogens (tertiary/aromatic N) is 2. The van der Waals surface area contributed by atoms with E-state index < -0.39 is 0 Å². The summed E-state index contributed by atoms with van der Waals surface area (Å²) in [6.45, 7) is 6.64. The van der Waals surface area contributed by atoms with E-state index in [-0.39, 0.29) is 0 Å². The molecule has 4 heteroatoms. The summed E-state index contributed by atoms with van der Waals surface area (Å²) >= 11 is 0. The van der Waals surface area contributed by atoms with Gasteiger partial charge in [-0.2, -0.15) is 0 Å². The fourth-order valence-electron chi connectivity index (χ4n) is 1.65. The zero-order valence-corrected chi connectivity index (χ0v) is 9.98. The van der Waals surface area contributed by atoms with Crippen LogP contribution >= 0.6 is 0 Å². The summed E-state index contributed by atoms with van der Waals surface area (Å²) < 4.78 is 7.78. The van der Waals surface area contributed by atoms with E-state index in [0.29, 0.717) is 0 Å². The Morgan fingerprint density at radius 1 is 1.56 bits per heavy atom. The lowest BCUT2D eigenvalue weighted by atomic mass is 10.4. The largest absolute Gasteiger partial charge is 0.379 e. The second-order valence-electron chi connectivity index (χ2n) is 4.38. The van der Waals surface area contributed by atoms with Crippen molar-refractivity contribution in [3.63, 3.8) is 0 Å². The van der Waals surface area contributed by atoms with E-state index in [1.165, 1.54) is 18.5 Å². The first-order valence-electron chi connectivity index (χ1n) is 6.17. The van der Waals surface area contributed by atoms with E-state index in [4.69, 9.17) is 4.74 Å². The van der Waals surface area contributed by atoms with Crippen molar-refractivity contribution in [2.24, 2.45) is 5.92 Å². The van der Waals surface area contributed by atoms with Crippen molar-refractivity contribution >= 4 is 0 Å². The molecule has 0 aromatic carbocycles. The molecule has 1 heterocycles. The molecule has 1 aromatic heterocycles. The number of hydrogen-bond acceptors (Lipinski definition) is 3. The molecule has 1 N–H and O–H groups in total. The van der Waals surface area contributed by atoms with Crippen LogP contribution in [0.1, 0.15) is 25.5 Å². The van der Waals surface area contributed by atoms with Crippen molar-refractivity contribution in [1.82, 2.24) is 14.9 Å². The monoisotopic (exact) mass is 223 g/mol. The third-order valence-corrected chi connectivity index (χ3v) is 2.88. The Labute approximate surface area is 97.0 Å². The molecule has 2 rings (SSSR count). The van der Waals surface area contributed by atoms with Gasteiger partial charge in [-0.1, -0.05) is 6.92 Å². The van der Waals surface area contributed by atoms with Crippen molar-refractivity contribution in [3.05, 3.63) is 18.2 Å². The Balaban J connectivity index is 1.67. The van der Waals surface area contributed by atoms with Crippen LogP contribution in [0.15, 0.2) is 12.5 Å². The van der Waals surface area contributed by atoms with E-state index in [1.807, 2.05) is 12.5 Å². The summed E-state index contributed by atoms with van der Waals surface area (Å²) in [5.41, 5.74) is 1.23. The third kappa shape index (κ3) is 3.61. The minimum absolute atomic E-state index is 0.798. The third-order valence-electron chi connectivity index (χ3n) is 2.88. The fourth-order valence-corrected chi connectivity index (χ4v) is 1.65. The van der Waals surface area contributed by atoms with Crippen LogP contribution in [0.25, 0.3) is 0 Å². The van der Waals surface area contributed by atoms with Crippen LogP contribution in [-0.2, 0) is 17.8 Å². The number of rotatable bonds is 8. The average Bonchev–Trinajstić information content (AvgIpc) is 3.01. The Morgan fingerprint density at radius 3 is 3.19 bits per heavy atom. The maximum Gasteiger partial charge on any atom is 0.0949 e. The highest BCUT2D eigenvalue weighted by Gasteiger charge is 2.20. The van der Waals surface area contributed by atoms with Crippen LogP contribution in [-0.4, -0.2) is 29.3 Å². The number of nitrogens with one attached hydrogen (secondary N) is 1. The molecule has 90 valence electrons. The number of hydrogen-bond donors (Lipinski definition) is 1.